The summed E-state index contributed by atoms with van der Waals surface area (Å²) in [5, 5.41) is 6.77. The van der Waals surface area contributed by atoms with Gasteiger partial charge in [0.25, 0.3) is 5.91 Å². The molecule has 1 amide bonds. The van der Waals surface area contributed by atoms with E-state index in [0.29, 0.717) is 27.9 Å². The summed E-state index contributed by atoms with van der Waals surface area (Å²) >= 11 is 6.31. The van der Waals surface area contributed by atoms with Crippen LogP contribution >= 0.6 is 11.6 Å². The van der Waals surface area contributed by atoms with Crippen LogP contribution < -0.4 is 10.6 Å². The standard InChI is InChI=1S/C22H23ClN4O/c1-14(2)13-25-21-10-8-17(15(3)26-21)22(28)27-16-7-9-19(23)18(12-16)20-6-4-5-11-24-20/h4-12,14H,13H2,1-3H3,(H,25,26)(H,27,28). The van der Waals surface area contributed by atoms with Crippen LogP contribution in [0.4, 0.5) is 11.5 Å². The molecule has 2 heterocycles. The molecule has 0 saturated heterocycles. The zero-order valence-corrected chi connectivity index (χ0v) is 16.9. The number of pyridine rings is 2. The number of amides is 1. The minimum atomic E-state index is -0.213. The van der Waals surface area contributed by atoms with Gasteiger partial charge in [-0.1, -0.05) is 31.5 Å². The molecule has 0 spiro atoms. The van der Waals surface area contributed by atoms with Crippen molar-refractivity contribution >= 4 is 29.0 Å². The summed E-state index contributed by atoms with van der Waals surface area (Å²) in [5.41, 5.74) is 3.37. The maximum absolute atomic E-state index is 12.7. The maximum Gasteiger partial charge on any atom is 0.257 e. The van der Waals surface area contributed by atoms with E-state index in [9.17, 15) is 4.79 Å². The molecular formula is C22H23ClN4O. The summed E-state index contributed by atoms with van der Waals surface area (Å²) in [5.74, 6) is 1.07. The molecule has 0 bridgehead atoms. The van der Waals surface area contributed by atoms with Crippen LogP contribution in [0.3, 0.4) is 0 Å². The first-order valence-electron chi connectivity index (χ1n) is 9.18. The molecule has 0 aliphatic rings. The molecule has 0 aliphatic heterocycles. The fourth-order valence-corrected chi connectivity index (χ4v) is 2.94. The van der Waals surface area contributed by atoms with Crippen LogP contribution in [0.15, 0.2) is 54.7 Å². The SMILES string of the molecule is Cc1nc(NCC(C)C)ccc1C(=O)Nc1ccc(Cl)c(-c2ccccn2)c1. The van der Waals surface area contributed by atoms with Crippen molar-refractivity contribution in [1.82, 2.24) is 9.97 Å². The minimum Gasteiger partial charge on any atom is -0.370 e. The highest BCUT2D eigenvalue weighted by atomic mass is 35.5. The molecule has 3 aromatic rings. The molecule has 2 N–H and O–H groups in total. The third-order valence-corrected chi connectivity index (χ3v) is 4.52. The van der Waals surface area contributed by atoms with Gasteiger partial charge in [-0.25, -0.2) is 4.98 Å². The largest absolute Gasteiger partial charge is 0.370 e. The second kappa shape index (κ2) is 8.85. The second-order valence-corrected chi connectivity index (χ2v) is 7.38. The van der Waals surface area contributed by atoms with Crippen molar-refractivity contribution in [3.05, 3.63) is 71.0 Å². The van der Waals surface area contributed by atoms with Crippen LogP contribution in [0.2, 0.25) is 5.02 Å². The molecule has 5 nitrogen and oxygen atoms in total. The highest BCUT2D eigenvalue weighted by Gasteiger charge is 2.13. The van der Waals surface area contributed by atoms with Gasteiger partial charge in [0, 0.05) is 24.0 Å². The molecule has 6 heteroatoms. The van der Waals surface area contributed by atoms with Crippen molar-refractivity contribution in [1.29, 1.82) is 0 Å². The lowest BCUT2D eigenvalue weighted by Crippen LogP contribution is -2.15. The van der Waals surface area contributed by atoms with Crippen molar-refractivity contribution < 1.29 is 4.79 Å². The van der Waals surface area contributed by atoms with E-state index < -0.39 is 0 Å². The molecule has 2 aromatic heterocycles. The van der Waals surface area contributed by atoms with Gasteiger partial charge in [0.05, 0.1) is 22.0 Å². The van der Waals surface area contributed by atoms with Crippen LogP contribution in [0, 0.1) is 12.8 Å². The first-order valence-corrected chi connectivity index (χ1v) is 9.55. The lowest BCUT2D eigenvalue weighted by molar-refractivity contribution is 0.102. The number of carbonyl (C=O) groups excluding carboxylic acids is 1. The van der Waals surface area contributed by atoms with Gasteiger partial charge in [0.1, 0.15) is 5.82 Å². The van der Waals surface area contributed by atoms with Crippen molar-refractivity contribution in [2.45, 2.75) is 20.8 Å². The molecule has 1 aromatic carbocycles. The first-order chi connectivity index (χ1) is 13.4. The number of aromatic nitrogens is 2. The third kappa shape index (κ3) is 4.87. The quantitative estimate of drug-likeness (QED) is 0.585. The summed E-state index contributed by atoms with van der Waals surface area (Å²) in [6.45, 7) is 6.93. The Morgan fingerprint density at radius 1 is 1.14 bits per heavy atom. The minimum absolute atomic E-state index is 0.213. The molecule has 3 rings (SSSR count). The van der Waals surface area contributed by atoms with Gasteiger partial charge in [-0.2, -0.15) is 0 Å². The van der Waals surface area contributed by atoms with Gasteiger partial charge in [0.15, 0.2) is 0 Å². The number of halogens is 1. The molecule has 0 unspecified atom stereocenters. The van der Waals surface area contributed by atoms with E-state index in [1.54, 1.807) is 24.4 Å². The Morgan fingerprint density at radius 2 is 1.96 bits per heavy atom. The molecule has 0 aliphatic carbocycles. The summed E-state index contributed by atoms with van der Waals surface area (Å²) < 4.78 is 0. The number of hydrogen-bond donors (Lipinski definition) is 2. The number of rotatable bonds is 6. The summed E-state index contributed by atoms with van der Waals surface area (Å²) in [4.78, 5) is 21.5. The van der Waals surface area contributed by atoms with E-state index >= 15 is 0 Å². The predicted octanol–water partition coefficient (Wildman–Crippen LogP) is 5.43. The Labute approximate surface area is 170 Å². The van der Waals surface area contributed by atoms with Gasteiger partial charge in [-0.15, -0.1) is 0 Å². The Balaban J connectivity index is 1.78. The number of anilines is 2. The average Bonchev–Trinajstić information content (AvgIpc) is 2.68. The Kier molecular flexibility index (Phi) is 6.26. The molecule has 28 heavy (non-hydrogen) atoms. The van der Waals surface area contributed by atoms with Crippen molar-refractivity contribution in [3.8, 4) is 11.3 Å². The molecular weight excluding hydrogens is 372 g/mol. The number of nitrogens with one attached hydrogen (secondary N) is 2. The third-order valence-electron chi connectivity index (χ3n) is 4.19. The van der Waals surface area contributed by atoms with Crippen LogP contribution in [0.25, 0.3) is 11.3 Å². The summed E-state index contributed by atoms with van der Waals surface area (Å²) in [6.07, 6.45) is 1.71. The van der Waals surface area contributed by atoms with E-state index in [0.717, 1.165) is 23.6 Å². The smallest absolute Gasteiger partial charge is 0.257 e. The van der Waals surface area contributed by atoms with Gasteiger partial charge in [-0.3, -0.25) is 9.78 Å². The molecule has 144 valence electrons. The zero-order chi connectivity index (χ0) is 20.1. The predicted molar refractivity (Wildman–Crippen MR) is 115 cm³/mol. The average molecular weight is 395 g/mol. The fourth-order valence-electron chi connectivity index (χ4n) is 2.73. The molecule has 0 radical (unpaired) electrons. The van der Waals surface area contributed by atoms with E-state index in [-0.39, 0.29) is 5.91 Å². The monoisotopic (exact) mass is 394 g/mol. The normalized spacial score (nSPS) is 10.8. The van der Waals surface area contributed by atoms with Gasteiger partial charge in [-0.05, 0) is 55.3 Å². The Hall–Kier alpha value is -2.92. The summed E-state index contributed by atoms with van der Waals surface area (Å²) in [7, 11) is 0. The highest BCUT2D eigenvalue weighted by molar-refractivity contribution is 6.33. The number of benzene rings is 1. The fraction of sp³-hybridized carbons (Fsp3) is 0.227. The lowest BCUT2D eigenvalue weighted by atomic mass is 10.1. The van der Waals surface area contributed by atoms with E-state index in [1.807, 2.05) is 37.3 Å². The van der Waals surface area contributed by atoms with E-state index in [2.05, 4.69) is 34.4 Å². The number of nitrogens with zero attached hydrogens (tertiary/aromatic N) is 2. The molecule has 0 saturated carbocycles. The zero-order valence-electron chi connectivity index (χ0n) is 16.2. The van der Waals surface area contributed by atoms with Crippen molar-refractivity contribution in [3.63, 3.8) is 0 Å². The van der Waals surface area contributed by atoms with Gasteiger partial charge in [0.2, 0.25) is 0 Å². The van der Waals surface area contributed by atoms with Crippen LogP contribution in [0.1, 0.15) is 29.9 Å². The highest BCUT2D eigenvalue weighted by Crippen LogP contribution is 2.29. The van der Waals surface area contributed by atoms with Gasteiger partial charge >= 0.3 is 0 Å². The van der Waals surface area contributed by atoms with Crippen LogP contribution in [-0.4, -0.2) is 22.4 Å². The first kappa shape index (κ1) is 19.8. The van der Waals surface area contributed by atoms with E-state index in [4.69, 9.17) is 11.6 Å². The Bertz CT molecular complexity index is 974. The lowest BCUT2D eigenvalue weighted by Gasteiger charge is -2.12. The second-order valence-electron chi connectivity index (χ2n) is 6.97. The van der Waals surface area contributed by atoms with Crippen LogP contribution in [0.5, 0.6) is 0 Å². The molecule has 0 fully saturated rings. The van der Waals surface area contributed by atoms with E-state index in [1.165, 1.54) is 0 Å². The number of aryl methyl sites for hydroxylation is 1. The maximum atomic E-state index is 12.7. The number of hydrogen-bond acceptors (Lipinski definition) is 4. The summed E-state index contributed by atoms with van der Waals surface area (Å²) in [6, 6.07) is 14.6. The molecule has 0 atom stereocenters. The topological polar surface area (TPSA) is 66.9 Å². The van der Waals surface area contributed by atoms with Crippen LogP contribution in [-0.2, 0) is 0 Å². The Morgan fingerprint density at radius 3 is 2.64 bits per heavy atom. The van der Waals surface area contributed by atoms with Gasteiger partial charge < -0.3 is 10.6 Å². The van der Waals surface area contributed by atoms with Crippen molar-refractivity contribution in [2.75, 3.05) is 17.2 Å². The number of carbonyl (C=O) groups is 1. The van der Waals surface area contributed by atoms with Crippen molar-refractivity contribution in [2.24, 2.45) is 5.92 Å².